The zero-order valence-corrected chi connectivity index (χ0v) is 16.1. The largest absolute Gasteiger partial charge is 0.243 e. The first-order valence-corrected chi connectivity index (χ1v) is 11.2. The summed E-state index contributed by atoms with van der Waals surface area (Å²) >= 11 is 0. The van der Waals surface area contributed by atoms with Crippen LogP contribution in [0.1, 0.15) is 39.5 Å². The standard InChI is InChI=1S/C16H26N2O4S2/c1-4-18(5-2)24(21,22)16-12-10-15(11-13-16)23(19,20)17(3)14-8-6-7-9-14/h10-14H,4-9H2,1-3H3. The predicted molar refractivity (Wildman–Crippen MR) is 93.8 cm³/mol. The minimum atomic E-state index is -3.59. The number of benzene rings is 1. The molecule has 0 unspecified atom stereocenters. The van der Waals surface area contributed by atoms with Gasteiger partial charge in [-0.2, -0.15) is 8.61 Å². The van der Waals surface area contributed by atoms with Crippen molar-refractivity contribution >= 4 is 20.0 Å². The maximum atomic E-state index is 12.7. The quantitative estimate of drug-likeness (QED) is 0.734. The van der Waals surface area contributed by atoms with Crippen molar-refractivity contribution < 1.29 is 16.8 Å². The molecular weight excluding hydrogens is 348 g/mol. The fraction of sp³-hybridized carbons (Fsp3) is 0.625. The van der Waals surface area contributed by atoms with Gasteiger partial charge < -0.3 is 0 Å². The molecule has 0 atom stereocenters. The molecule has 1 saturated carbocycles. The van der Waals surface area contributed by atoms with Crippen LogP contribution in [0.3, 0.4) is 0 Å². The fourth-order valence-corrected chi connectivity index (χ4v) is 6.00. The Morgan fingerprint density at radius 3 is 1.71 bits per heavy atom. The molecule has 1 aliphatic rings. The first-order valence-electron chi connectivity index (χ1n) is 8.33. The Kier molecular flexibility index (Phi) is 6.06. The minimum absolute atomic E-state index is 0.0362. The maximum absolute atomic E-state index is 12.7. The van der Waals surface area contributed by atoms with Crippen LogP contribution in [0.15, 0.2) is 34.1 Å². The van der Waals surface area contributed by atoms with Gasteiger partial charge in [0.05, 0.1) is 9.79 Å². The normalized spacial score (nSPS) is 17.0. The van der Waals surface area contributed by atoms with E-state index in [1.165, 1.54) is 32.9 Å². The Labute approximate surface area is 145 Å². The second-order valence-corrected chi connectivity index (χ2v) is 9.96. The molecule has 0 aromatic heterocycles. The summed E-state index contributed by atoms with van der Waals surface area (Å²) in [7, 11) is -5.56. The summed E-state index contributed by atoms with van der Waals surface area (Å²) in [5, 5.41) is 0. The van der Waals surface area contributed by atoms with Gasteiger partial charge in [-0.05, 0) is 37.1 Å². The van der Waals surface area contributed by atoms with Crippen molar-refractivity contribution in [1.29, 1.82) is 0 Å². The van der Waals surface area contributed by atoms with Gasteiger partial charge in [-0.25, -0.2) is 16.8 Å². The van der Waals surface area contributed by atoms with Gasteiger partial charge in [0.2, 0.25) is 20.0 Å². The number of rotatable bonds is 7. The minimum Gasteiger partial charge on any atom is -0.207 e. The molecule has 1 aliphatic carbocycles. The lowest BCUT2D eigenvalue weighted by Gasteiger charge is -2.24. The lowest BCUT2D eigenvalue weighted by molar-refractivity contribution is 0.373. The summed E-state index contributed by atoms with van der Waals surface area (Å²) in [5.74, 6) is 0. The molecule has 1 fully saturated rings. The van der Waals surface area contributed by atoms with Gasteiger partial charge >= 0.3 is 0 Å². The molecule has 2 rings (SSSR count). The SMILES string of the molecule is CCN(CC)S(=O)(=O)c1ccc(S(=O)(=O)N(C)C2CCCC2)cc1. The second kappa shape index (κ2) is 7.51. The summed E-state index contributed by atoms with van der Waals surface area (Å²) < 4.78 is 53.1. The zero-order chi connectivity index (χ0) is 18.0. The molecule has 1 aromatic rings. The van der Waals surface area contributed by atoms with Crippen LogP contribution in [-0.2, 0) is 20.0 Å². The van der Waals surface area contributed by atoms with E-state index in [1.54, 1.807) is 20.9 Å². The molecule has 6 nitrogen and oxygen atoms in total. The van der Waals surface area contributed by atoms with E-state index in [-0.39, 0.29) is 15.8 Å². The van der Waals surface area contributed by atoms with Gasteiger partial charge in [-0.1, -0.05) is 26.7 Å². The lowest BCUT2D eigenvalue weighted by atomic mass is 10.3. The maximum Gasteiger partial charge on any atom is 0.243 e. The summed E-state index contributed by atoms with van der Waals surface area (Å²) in [4.78, 5) is 0.254. The Balaban J connectivity index is 2.28. The second-order valence-electron chi connectivity index (χ2n) is 6.02. The van der Waals surface area contributed by atoms with E-state index in [1.807, 2.05) is 0 Å². The van der Waals surface area contributed by atoms with Gasteiger partial charge in [-0.15, -0.1) is 0 Å². The van der Waals surface area contributed by atoms with Crippen LogP contribution < -0.4 is 0 Å². The van der Waals surface area contributed by atoms with Crippen LogP contribution in [-0.4, -0.2) is 51.6 Å². The van der Waals surface area contributed by atoms with Gasteiger partial charge in [0.25, 0.3) is 0 Å². The van der Waals surface area contributed by atoms with E-state index in [9.17, 15) is 16.8 Å². The van der Waals surface area contributed by atoms with Crippen molar-refractivity contribution in [1.82, 2.24) is 8.61 Å². The Morgan fingerprint density at radius 1 is 0.875 bits per heavy atom. The van der Waals surface area contributed by atoms with E-state index >= 15 is 0 Å². The molecule has 0 bridgehead atoms. The van der Waals surface area contributed by atoms with Gasteiger partial charge in [0, 0.05) is 26.2 Å². The third-order valence-electron chi connectivity index (χ3n) is 4.68. The first-order chi connectivity index (χ1) is 11.2. The molecule has 0 N–H and O–H groups in total. The van der Waals surface area contributed by atoms with Crippen molar-refractivity contribution in [2.75, 3.05) is 20.1 Å². The molecule has 136 valence electrons. The van der Waals surface area contributed by atoms with Crippen molar-refractivity contribution in [3.63, 3.8) is 0 Å². The number of sulfonamides is 2. The number of hydrogen-bond donors (Lipinski definition) is 0. The third kappa shape index (κ3) is 3.66. The van der Waals surface area contributed by atoms with Crippen LogP contribution in [0.25, 0.3) is 0 Å². The summed E-state index contributed by atoms with van der Waals surface area (Å²) in [6.07, 6.45) is 3.85. The van der Waals surface area contributed by atoms with E-state index in [0.717, 1.165) is 25.7 Å². The molecule has 8 heteroatoms. The average Bonchev–Trinajstić information content (AvgIpc) is 3.09. The molecule has 0 heterocycles. The highest BCUT2D eigenvalue weighted by Crippen LogP contribution is 2.28. The van der Waals surface area contributed by atoms with E-state index in [0.29, 0.717) is 13.1 Å². The van der Waals surface area contributed by atoms with Gasteiger partial charge in [0.15, 0.2) is 0 Å². The van der Waals surface area contributed by atoms with Crippen molar-refractivity contribution in [2.24, 2.45) is 0 Å². The van der Waals surface area contributed by atoms with Crippen molar-refractivity contribution in [3.05, 3.63) is 24.3 Å². The van der Waals surface area contributed by atoms with Crippen LogP contribution in [0, 0.1) is 0 Å². The highest BCUT2D eigenvalue weighted by molar-refractivity contribution is 7.89. The Morgan fingerprint density at radius 2 is 1.29 bits per heavy atom. The topological polar surface area (TPSA) is 74.8 Å². The van der Waals surface area contributed by atoms with E-state index in [4.69, 9.17) is 0 Å². The molecule has 0 amide bonds. The number of hydrogen-bond acceptors (Lipinski definition) is 4. The highest BCUT2D eigenvalue weighted by Gasteiger charge is 2.30. The van der Waals surface area contributed by atoms with Gasteiger partial charge in [0.1, 0.15) is 0 Å². The van der Waals surface area contributed by atoms with Crippen LogP contribution in [0.2, 0.25) is 0 Å². The van der Waals surface area contributed by atoms with E-state index < -0.39 is 20.0 Å². The predicted octanol–water partition coefficient (Wildman–Crippen LogP) is 2.28. The molecule has 0 spiro atoms. The highest BCUT2D eigenvalue weighted by atomic mass is 32.2. The monoisotopic (exact) mass is 374 g/mol. The van der Waals surface area contributed by atoms with Crippen LogP contribution in [0.5, 0.6) is 0 Å². The lowest BCUT2D eigenvalue weighted by Crippen LogP contribution is -2.35. The zero-order valence-electron chi connectivity index (χ0n) is 14.5. The smallest absolute Gasteiger partial charge is 0.207 e. The van der Waals surface area contributed by atoms with Gasteiger partial charge in [-0.3, -0.25) is 0 Å². The summed E-state index contributed by atoms with van der Waals surface area (Å²) in [6.45, 7) is 4.31. The Hall–Kier alpha value is -0.960. The summed E-state index contributed by atoms with van der Waals surface area (Å²) in [5.41, 5.74) is 0. The molecule has 1 aromatic carbocycles. The molecule has 0 aliphatic heterocycles. The van der Waals surface area contributed by atoms with E-state index in [2.05, 4.69) is 0 Å². The molecule has 0 saturated heterocycles. The van der Waals surface area contributed by atoms with Crippen molar-refractivity contribution in [3.8, 4) is 0 Å². The third-order valence-corrected chi connectivity index (χ3v) is 8.67. The molecular formula is C16H26N2O4S2. The fourth-order valence-electron chi connectivity index (χ4n) is 3.13. The van der Waals surface area contributed by atoms with Crippen molar-refractivity contribution in [2.45, 2.75) is 55.4 Å². The molecule has 24 heavy (non-hydrogen) atoms. The van der Waals surface area contributed by atoms with Crippen LogP contribution in [0.4, 0.5) is 0 Å². The molecule has 0 radical (unpaired) electrons. The first kappa shape index (κ1) is 19.4. The number of nitrogens with zero attached hydrogens (tertiary/aromatic N) is 2. The summed E-state index contributed by atoms with van der Waals surface area (Å²) in [6, 6.07) is 5.56. The Bertz CT molecular complexity index is 748. The average molecular weight is 375 g/mol. The van der Waals surface area contributed by atoms with Crippen LogP contribution >= 0.6 is 0 Å².